The number of para-hydroxylation sites is 1. The molecule has 0 fully saturated rings. The number of ether oxygens (including phenoxy) is 1. The summed E-state index contributed by atoms with van der Waals surface area (Å²) in [5, 5.41) is 11.2. The predicted octanol–water partition coefficient (Wildman–Crippen LogP) is 3.64. The average Bonchev–Trinajstić information content (AvgIpc) is 3.20. The third kappa shape index (κ3) is 3.57. The van der Waals surface area contributed by atoms with Crippen molar-refractivity contribution in [2.24, 2.45) is 0 Å². The van der Waals surface area contributed by atoms with Gasteiger partial charge in [-0.3, -0.25) is 5.10 Å². The Morgan fingerprint density at radius 1 is 1.11 bits per heavy atom. The van der Waals surface area contributed by atoms with Crippen LogP contribution in [0.15, 0.2) is 55.1 Å². The molecule has 0 aliphatic carbocycles. The van der Waals surface area contributed by atoms with E-state index in [4.69, 9.17) is 4.74 Å². The molecule has 3 heterocycles. The van der Waals surface area contributed by atoms with Crippen LogP contribution >= 0.6 is 0 Å². The van der Waals surface area contributed by atoms with E-state index in [9.17, 15) is 0 Å². The number of methoxy groups -OCH3 is 1. The Morgan fingerprint density at radius 2 is 2.00 bits per heavy atom. The summed E-state index contributed by atoms with van der Waals surface area (Å²) in [6.45, 7) is 2.89. The summed E-state index contributed by atoms with van der Waals surface area (Å²) in [6.07, 6.45) is 5.09. The molecule has 0 aliphatic heterocycles. The lowest BCUT2D eigenvalue weighted by Gasteiger charge is -2.16. The van der Waals surface area contributed by atoms with E-state index < -0.39 is 0 Å². The number of aromatic nitrogens is 5. The maximum atomic E-state index is 5.46. The van der Waals surface area contributed by atoms with Crippen molar-refractivity contribution in [2.45, 2.75) is 12.8 Å². The quantitative estimate of drug-likeness (QED) is 0.546. The van der Waals surface area contributed by atoms with Crippen molar-refractivity contribution in [1.82, 2.24) is 25.1 Å². The first-order chi connectivity index (χ1) is 13.2. The minimum absolute atomic E-state index is 0.267. The summed E-state index contributed by atoms with van der Waals surface area (Å²) >= 11 is 0. The fourth-order valence-electron chi connectivity index (χ4n) is 3.03. The average molecular weight is 360 g/mol. The minimum atomic E-state index is 0.267. The van der Waals surface area contributed by atoms with E-state index in [-0.39, 0.29) is 5.92 Å². The van der Waals surface area contributed by atoms with Gasteiger partial charge in [0.2, 0.25) is 0 Å². The Morgan fingerprint density at radius 3 is 2.89 bits per heavy atom. The number of aromatic amines is 1. The summed E-state index contributed by atoms with van der Waals surface area (Å²) < 4.78 is 5.46. The zero-order chi connectivity index (χ0) is 18.6. The van der Waals surface area contributed by atoms with Crippen molar-refractivity contribution in [3.63, 3.8) is 0 Å². The number of hydrogen-bond donors (Lipinski definition) is 2. The third-order valence-corrected chi connectivity index (χ3v) is 4.51. The van der Waals surface area contributed by atoms with Crippen LogP contribution in [0.3, 0.4) is 0 Å². The Labute approximate surface area is 156 Å². The van der Waals surface area contributed by atoms with Gasteiger partial charge in [0.1, 0.15) is 17.9 Å². The van der Waals surface area contributed by atoms with Crippen molar-refractivity contribution in [3.8, 4) is 17.0 Å². The molecule has 1 aromatic carbocycles. The van der Waals surface area contributed by atoms with E-state index >= 15 is 0 Å². The van der Waals surface area contributed by atoms with Crippen molar-refractivity contribution in [1.29, 1.82) is 0 Å². The second kappa shape index (κ2) is 7.41. The number of rotatable bonds is 6. The van der Waals surface area contributed by atoms with E-state index in [1.807, 2.05) is 30.3 Å². The van der Waals surface area contributed by atoms with Crippen molar-refractivity contribution in [2.75, 3.05) is 19.0 Å². The fraction of sp³-hybridized carbons (Fsp3) is 0.200. The number of anilines is 1. The van der Waals surface area contributed by atoms with E-state index in [2.05, 4.69) is 43.5 Å². The van der Waals surface area contributed by atoms with Gasteiger partial charge in [-0.1, -0.05) is 25.1 Å². The molecule has 0 radical (unpaired) electrons. The van der Waals surface area contributed by atoms with Crippen LogP contribution in [0.5, 0.6) is 5.75 Å². The summed E-state index contributed by atoms with van der Waals surface area (Å²) in [5.41, 5.74) is 3.66. The first-order valence-corrected chi connectivity index (χ1v) is 8.73. The lowest BCUT2D eigenvalue weighted by atomic mass is 10.00. The lowest BCUT2D eigenvalue weighted by Crippen LogP contribution is -2.12. The number of benzene rings is 1. The first-order valence-electron chi connectivity index (χ1n) is 8.73. The number of H-pyrrole nitrogens is 1. The SMILES string of the molecule is COc1ccccc1[C@H](C)CNc1cc(-c2cnc3[nH]ncc3c2)ncn1. The lowest BCUT2D eigenvalue weighted by molar-refractivity contribution is 0.407. The first kappa shape index (κ1) is 17.0. The number of pyridine rings is 1. The van der Waals surface area contributed by atoms with Crippen LogP contribution in [0.25, 0.3) is 22.3 Å². The van der Waals surface area contributed by atoms with Crippen LogP contribution < -0.4 is 10.1 Å². The van der Waals surface area contributed by atoms with E-state index in [1.165, 1.54) is 0 Å². The summed E-state index contributed by atoms with van der Waals surface area (Å²) in [4.78, 5) is 13.1. The minimum Gasteiger partial charge on any atom is -0.496 e. The predicted molar refractivity (Wildman–Crippen MR) is 105 cm³/mol. The molecule has 7 heteroatoms. The molecule has 7 nitrogen and oxygen atoms in total. The van der Waals surface area contributed by atoms with Crippen LogP contribution in [-0.4, -0.2) is 38.8 Å². The zero-order valence-electron chi connectivity index (χ0n) is 15.2. The third-order valence-electron chi connectivity index (χ3n) is 4.51. The molecule has 1 atom stereocenters. The molecule has 3 aromatic heterocycles. The van der Waals surface area contributed by atoms with Gasteiger partial charge in [0.25, 0.3) is 0 Å². The van der Waals surface area contributed by atoms with E-state index in [1.54, 1.807) is 25.8 Å². The largest absolute Gasteiger partial charge is 0.496 e. The second-order valence-corrected chi connectivity index (χ2v) is 6.34. The molecule has 0 amide bonds. The summed E-state index contributed by atoms with van der Waals surface area (Å²) in [6, 6.07) is 12.0. The molecule has 0 saturated carbocycles. The Hall–Kier alpha value is -3.48. The van der Waals surface area contributed by atoms with Gasteiger partial charge in [0, 0.05) is 35.7 Å². The van der Waals surface area contributed by atoms with Gasteiger partial charge < -0.3 is 10.1 Å². The van der Waals surface area contributed by atoms with Gasteiger partial charge >= 0.3 is 0 Å². The molecule has 4 aromatic rings. The highest BCUT2D eigenvalue weighted by molar-refractivity contribution is 5.79. The molecule has 0 spiro atoms. The van der Waals surface area contributed by atoms with Crippen molar-refractivity contribution in [3.05, 3.63) is 60.7 Å². The summed E-state index contributed by atoms with van der Waals surface area (Å²) in [5.74, 6) is 1.94. The molecule has 0 bridgehead atoms. The molecule has 2 N–H and O–H groups in total. The number of fused-ring (bicyclic) bond motifs is 1. The second-order valence-electron chi connectivity index (χ2n) is 6.34. The van der Waals surface area contributed by atoms with Crippen LogP contribution in [0.1, 0.15) is 18.4 Å². The molecule has 4 rings (SSSR count). The van der Waals surface area contributed by atoms with E-state index in [0.29, 0.717) is 0 Å². The van der Waals surface area contributed by atoms with Crippen molar-refractivity contribution < 1.29 is 4.74 Å². The molecule has 0 aliphatic rings. The molecular formula is C20H20N6O. The molecule has 136 valence electrons. The Balaban J connectivity index is 1.51. The smallest absolute Gasteiger partial charge is 0.155 e. The highest BCUT2D eigenvalue weighted by atomic mass is 16.5. The topological polar surface area (TPSA) is 88.6 Å². The van der Waals surface area contributed by atoms with Gasteiger partial charge in [-0.25, -0.2) is 15.0 Å². The van der Waals surface area contributed by atoms with Crippen LogP contribution in [0.2, 0.25) is 0 Å². The Bertz CT molecular complexity index is 1060. The highest BCUT2D eigenvalue weighted by Gasteiger charge is 2.11. The van der Waals surface area contributed by atoms with Crippen LogP contribution in [-0.2, 0) is 0 Å². The van der Waals surface area contributed by atoms with E-state index in [0.717, 1.165) is 46.0 Å². The zero-order valence-corrected chi connectivity index (χ0v) is 15.2. The fourth-order valence-corrected chi connectivity index (χ4v) is 3.03. The number of nitrogens with one attached hydrogen (secondary N) is 2. The highest BCUT2D eigenvalue weighted by Crippen LogP contribution is 2.27. The van der Waals surface area contributed by atoms with Crippen LogP contribution in [0, 0.1) is 0 Å². The van der Waals surface area contributed by atoms with Crippen LogP contribution in [0.4, 0.5) is 5.82 Å². The molecular weight excluding hydrogens is 340 g/mol. The van der Waals surface area contributed by atoms with Gasteiger partial charge in [0.15, 0.2) is 5.65 Å². The van der Waals surface area contributed by atoms with Gasteiger partial charge in [-0.2, -0.15) is 5.10 Å². The van der Waals surface area contributed by atoms with Gasteiger partial charge in [-0.15, -0.1) is 0 Å². The monoisotopic (exact) mass is 360 g/mol. The molecule has 0 saturated heterocycles. The number of hydrogen-bond acceptors (Lipinski definition) is 6. The molecule has 0 unspecified atom stereocenters. The van der Waals surface area contributed by atoms with Gasteiger partial charge in [0.05, 0.1) is 19.0 Å². The maximum absolute atomic E-state index is 5.46. The maximum Gasteiger partial charge on any atom is 0.155 e. The standard InChI is InChI=1S/C20H20N6O/c1-13(16-5-3-4-6-18(16)27-2)9-21-19-8-17(23-12-24-19)14-7-15-11-25-26-20(15)22-10-14/h3-8,10-13H,9H2,1-2H3,(H,21,23,24)(H,22,25,26)/t13-/m1/s1. The number of nitrogens with zero attached hydrogens (tertiary/aromatic N) is 4. The molecule has 27 heavy (non-hydrogen) atoms. The van der Waals surface area contributed by atoms with Gasteiger partial charge in [-0.05, 0) is 17.7 Å². The summed E-state index contributed by atoms with van der Waals surface area (Å²) in [7, 11) is 1.69. The van der Waals surface area contributed by atoms with Crippen molar-refractivity contribution >= 4 is 16.9 Å². The Kier molecular flexibility index (Phi) is 4.65. The normalized spacial score (nSPS) is 12.1.